The SMILES string of the molecule is CC(C)(O)c1cnnn1[C@H]1C[C@@H](C(=O)NC2(C(=O)C(N)=O)CCOCC2)N(C(=O)C(CC2CCCCC2)NC(=O)c2ccc3nc[nH]c3c2)C1. The van der Waals surface area contributed by atoms with Crippen LogP contribution >= 0.6 is 0 Å². The van der Waals surface area contributed by atoms with E-state index in [1.54, 1.807) is 32.0 Å². The molecule has 1 unspecified atom stereocenters. The molecule has 2 aromatic heterocycles. The number of hydrogen-bond donors (Lipinski definition) is 5. The predicted molar refractivity (Wildman–Crippen MR) is 178 cm³/mol. The number of amides is 4. The second-order valence-electron chi connectivity index (χ2n) is 14.3. The minimum atomic E-state index is -1.58. The second kappa shape index (κ2) is 14.3. The summed E-state index contributed by atoms with van der Waals surface area (Å²) in [6.45, 7) is 3.45. The molecule has 268 valence electrons. The molecule has 50 heavy (non-hydrogen) atoms. The highest BCUT2D eigenvalue weighted by Crippen LogP contribution is 2.34. The van der Waals surface area contributed by atoms with Gasteiger partial charge in [-0.05, 0) is 44.4 Å². The van der Waals surface area contributed by atoms with Crippen LogP contribution in [0.4, 0.5) is 0 Å². The van der Waals surface area contributed by atoms with Crippen LogP contribution in [0.1, 0.15) is 93.7 Å². The molecule has 4 amide bonds. The van der Waals surface area contributed by atoms with E-state index < -0.39 is 58.7 Å². The average molecular weight is 692 g/mol. The summed E-state index contributed by atoms with van der Waals surface area (Å²) in [6, 6.07) is 2.39. The number of nitrogens with one attached hydrogen (secondary N) is 3. The van der Waals surface area contributed by atoms with Gasteiger partial charge in [-0.25, -0.2) is 9.67 Å². The van der Waals surface area contributed by atoms with E-state index >= 15 is 0 Å². The van der Waals surface area contributed by atoms with Crippen molar-refractivity contribution in [1.29, 1.82) is 0 Å². The van der Waals surface area contributed by atoms with Gasteiger partial charge < -0.3 is 36.1 Å². The number of nitrogens with zero attached hydrogens (tertiary/aromatic N) is 5. The van der Waals surface area contributed by atoms with Gasteiger partial charge in [-0.15, -0.1) is 5.10 Å². The molecular formula is C34H45N9O7. The van der Waals surface area contributed by atoms with Crippen LogP contribution < -0.4 is 16.4 Å². The molecule has 1 saturated carbocycles. The van der Waals surface area contributed by atoms with Crippen LogP contribution in [0.2, 0.25) is 0 Å². The van der Waals surface area contributed by atoms with Crippen molar-refractivity contribution in [3.63, 3.8) is 0 Å². The number of aromatic amines is 1. The van der Waals surface area contributed by atoms with Gasteiger partial charge in [0.1, 0.15) is 23.2 Å². The Kier molecular flexibility index (Phi) is 10.0. The number of H-pyrrole nitrogens is 1. The van der Waals surface area contributed by atoms with Gasteiger partial charge in [-0.2, -0.15) is 0 Å². The maximum Gasteiger partial charge on any atom is 0.287 e. The van der Waals surface area contributed by atoms with Gasteiger partial charge in [-0.3, -0.25) is 24.0 Å². The van der Waals surface area contributed by atoms with Crippen molar-refractivity contribution >= 4 is 40.4 Å². The Labute approximate surface area is 288 Å². The molecule has 0 bridgehead atoms. The molecule has 3 aromatic rings. The summed E-state index contributed by atoms with van der Waals surface area (Å²) < 4.78 is 6.93. The molecule has 0 spiro atoms. The summed E-state index contributed by atoms with van der Waals surface area (Å²) in [5.41, 5.74) is 4.62. The fourth-order valence-electron chi connectivity index (χ4n) is 7.61. The monoisotopic (exact) mass is 691 g/mol. The summed E-state index contributed by atoms with van der Waals surface area (Å²) in [5.74, 6) is -3.46. The van der Waals surface area contributed by atoms with Gasteiger partial charge >= 0.3 is 0 Å². The third-order valence-electron chi connectivity index (χ3n) is 10.4. The molecule has 6 N–H and O–H groups in total. The van der Waals surface area contributed by atoms with Crippen molar-refractivity contribution in [3.8, 4) is 0 Å². The quantitative estimate of drug-likeness (QED) is 0.179. The number of ketones is 1. The third kappa shape index (κ3) is 7.26. The lowest BCUT2D eigenvalue weighted by Gasteiger charge is -2.37. The largest absolute Gasteiger partial charge is 0.384 e. The number of carbonyl (C=O) groups is 5. The van der Waals surface area contributed by atoms with Crippen molar-refractivity contribution in [1.82, 2.24) is 40.5 Å². The molecule has 3 fully saturated rings. The highest BCUT2D eigenvalue weighted by Gasteiger charge is 2.49. The van der Waals surface area contributed by atoms with Gasteiger partial charge in [0.15, 0.2) is 0 Å². The predicted octanol–water partition coefficient (Wildman–Crippen LogP) is 1.01. The van der Waals surface area contributed by atoms with E-state index in [4.69, 9.17) is 10.5 Å². The van der Waals surface area contributed by atoms with Crippen molar-refractivity contribution < 1.29 is 33.8 Å². The number of carbonyl (C=O) groups excluding carboxylic acids is 5. The molecule has 6 rings (SSSR count). The summed E-state index contributed by atoms with van der Waals surface area (Å²) in [5, 5.41) is 24.8. The number of rotatable bonds is 11. The van der Waals surface area contributed by atoms with E-state index in [1.165, 1.54) is 22.1 Å². The third-order valence-corrected chi connectivity index (χ3v) is 10.4. The minimum Gasteiger partial charge on any atom is -0.384 e. The van der Waals surface area contributed by atoms with Gasteiger partial charge in [0, 0.05) is 44.6 Å². The Balaban J connectivity index is 1.33. The molecule has 16 heteroatoms. The topological polar surface area (TPSA) is 228 Å². The lowest BCUT2D eigenvalue weighted by Crippen LogP contribution is -2.64. The fourth-order valence-corrected chi connectivity index (χ4v) is 7.61. The maximum atomic E-state index is 14.7. The highest BCUT2D eigenvalue weighted by molar-refractivity contribution is 6.39. The van der Waals surface area contributed by atoms with E-state index in [1.807, 2.05) is 0 Å². The first-order valence-electron chi connectivity index (χ1n) is 17.3. The van der Waals surface area contributed by atoms with Crippen molar-refractivity contribution in [2.75, 3.05) is 19.8 Å². The zero-order chi connectivity index (χ0) is 35.6. The first kappa shape index (κ1) is 35.1. The number of nitrogens with two attached hydrogens (primary N) is 1. The lowest BCUT2D eigenvalue weighted by atomic mass is 9.84. The molecule has 2 aliphatic heterocycles. The Morgan fingerprint density at radius 1 is 1.14 bits per heavy atom. The number of benzene rings is 1. The van der Waals surface area contributed by atoms with E-state index in [0.29, 0.717) is 28.7 Å². The van der Waals surface area contributed by atoms with Gasteiger partial charge in [0.25, 0.3) is 11.8 Å². The Hall–Kier alpha value is -4.70. The summed E-state index contributed by atoms with van der Waals surface area (Å²) >= 11 is 0. The smallest absolute Gasteiger partial charge is 0.287 e. The van der Waals surface area contributed by atoms with E-state index in [9.17, 15) is 29.1 Å². The Bertz CT molecular complexity index is 1750. The normalized spacial score (nSPS) is 21.9. The van der Waals surface area contributed by atoms with E-state index in [2.05, 4.69) is 30.9 Å². The number of hydrogen-bond acceptors (Lipinski definition) is 10. The summed E-state index contributed by atoms with van der Waals surface area (Å²) in [7, 11) is 0. The molecule has 0 radical (unpaired) electrons. The van der Waals surface area contributed by atoms with Gasteiger partial charge in [0.05, 0.1) is 35.3 Å². The van der Waals surface area contributed by atoms with Crippen LogP contribution in [0.25, 0.3) is 11.0 Å². The van der Waals surface area contributed by atoms with Crippen LogP contribution in [-0.2, 0) is 29.5 Å². The summed E-state index contributed by atoms with van der Waals surface area (Å²) in [4.78, 5) is 76.6. The van der Waals surface area contributed by atoms with Crippen LogP contribution in [0.5, 0.6) is 0 Å². The van der Waals surface area contributed by atoms with Gasteiger partial charge in [-0.1, -0.05) is 37.3 Å². The second-order valence-corrected chi connectivity index (χ2v) is 14.3. The molecule has 3 aliphatic rings. The lowest BCUT2D eigenvalue weighted by molar-refractivity contribution is -0.147. The highest BCUT2D eigenvalue weighted by atomic mass is 16.5. The number of aromatic nitrogens is 5. The number of ether oxygens (including phenoxy) is 1. The number of fused-ring (bicyclic) bond motifs is 1. The van der Waals surface area contributed by atoms with Crippen molar-refractivity contribution in [2.45, 2.75) is 101 Å². The zero-order valence-corrected chi connectivity index (χ0v) is 28.4. The summed E-state index contributed by atoms with van der Waals surface area (Å²) in [6.07, 6.45) is 8.50. The molecular weight excluding hydrogens is 646 g/mol. The molecule has 2 saturated heterocycles. The standard InChI is InChI=1S/C34H45N9O7/c1-33(2,49)27-17-38-41-43(27)22-16-26(31(47)40-34(28(44)29(35)45)10-12-50-13-11-34)42(18-22)32(48)25(14-20-6-4-3-5-7-20)39-30(46)21-8-9-23-24(15-21)37-19-36-23/h8-9,15,17,19-20,22,25-26,49H,3-7,10-14,16,18H2,1-2H3,(H2,35,45)(H,36,37)(H,39,46)(H,40,47)/t22-,25?,26-/m0/s1. The Morgan fingerprint density at radius 3 is 2.58 bits per heavy atom. The van der Waals surface area contributed by atoms with E-state index in [-0.39, 0.29) is 44.9 Å². The van der Waals surface area contributed by atoms with Gasteiger partial charge in [0.2, 0.25) is 17.6 Å². The molecule has 4 heterocycles. The van der Waals surface area contributed by atoms with Crippen LogP contribution in [-0.4, -0.2) is 102 Å². The number of primary amides is 1. The molecule has 1 aliphatic carbocycles. The number of likely N-dealkylation sites (tertiary alicyclic amines) is 1. The fraction of sp³-hybridized carbons (Fsp3) is 0.588. The Morgan fingerprint density at radius 2 is 1.88 bits per heavy atom. The van der Waals surface area contributed by atoms with Crippen LogP contribution in [0, 0.1) is 5.92 Å². The van der Waals surface area contributed by atoms with Crippen LogP contribution in [0.3, 0.4) is 0 Å². The van der Waals surface area contributed by atoms with Crippen molar-refractivity contribution in [3.05, 3.63) is 42.0 Å². The average Bonchev–Trinajstić information content (AvgIpc) is 3.87. The number of imidazole rings is 1. The molecule has 1 aromatic carbocycles. The molecule has 3 atom stereocenters. The minimum absolute atomic E-state index is 0.0143. The van der Waals surface area contributed by atoms with Crippen molar-refractivity contribution in [2.24, 2.45) is 11.7 Å². The van der Waals surface area contributed by atoms with Crippen LogP contribution in [0.15, 0.2) is 30.7 Å². The first-order valence-corrected chi connectivity index (χ1v) is 17.3. The molecule has 16 nitrogen and oxygen atoms in total. The number of Topliss-reactive ketones (excluding diaryl/α,β-unsaturated/α-hetero) is 1. The first-order chi connectivity index (χ1) is 23.9. The maximum absolute atomic E-state index is 14.7. The number of aliphatic hydroxyl groups is 1. The zero-order valence-electron chi connectivity index (χ0n) is 28.4. The van der Waals surface area contributed by atoms with E-state index in [0.717, 1.165) is 32.1 Å².